The molecule has 6 heteroatoms. The van der Waals surface area contributed by atoms with E-state index < -0.39 is 0 Å². The van der Waals surface area contributed by atoms with Crippen LogP contribution in [0.2, 0.25) is 0 Å². The predicted molar refractivity (Wildman–Crippen MR) is 113 cm³/mol. The molecule has 3 aromatic rings. The second-order valence-corrected chi connectivity index (χ2v) is 7.20. The number of hydrogen-bond donors (Lipinski definition) is 1. The standard InChI is InChI=1S/C23H26N2O4/c1-15-11-19(24-22-18(15)5-4-6-20(22)27-2)16-12-17-14-25(7-9-26)8-10-29-23(17)21(13-16)28-3/h4-6,11-13,26H,7-10,14H2,1-3H3. The van der Waals surface area contributed by atoms with Crippen molar-refractivity contribution in [3.63, 3.8) is 0 Å². The molecular formula is C23H26N2O4. The van der Waals surface area contributed by atoms with Crippen LogP contribution in [0.1, 0.15) is 11.1 Å². The predicted octanol–water partition coefficient (Wildman–Crippen LogP) is 3.41. The van der Waals surface area contributed by atoms with Gasteiger partial charge in [0.1, 0.15) is 17.9 Å². The van der Waals surface area contributed by atoms with Crippen LogP contribution in [0, 0.1) is 6.92 Å². The summed E-state index contributed by atoms with van der Waals surface area (Å²) in [5.41, 5.74) is 4.84. The van der Waals surface area contributed by atoms with Crippen molar-refractivity contribution < 1.29 is 19.3 Å². The zero-order chi connectivity index (χ0) is 20.4. The van der Waals surface area contributed by atoms with Crippen LogP contribution in [0.4, 0.5) is 0 Å². The van der Waals surface area contributed by atoms with Gasteiger partial charge >= 0.3 is 0 Å². The molecule has 1 N–H and O–H groups in total. The van der Waals surface area contributed by atoms with E-state index in [1.54, 1.807) is 14.2 Å². The monoisotopic (exact) mass is 394 g/mol. The molecule has 29 heavy (non-hydrogen) atoms. The van der Waals surface area contributed by atoms with Gasteiger partial charge in [0.15, 0.2) is 11.5 Å². The SMILES string of the molecule is COc1cc(-c2cc(C)c3cccc(OC)c3n2)cc2c1OCCN(CCO)C2. The fraction of sp³-hybridized carbons (Fsp3) is 0.348. The smallest absolute Gasteiger partial charge is 0.165 e. The molecular weight excluding hydrogens is 368 g/mol. The first-order chi connectivity index (χ1) is 14.1. The van der Waals surface area contributed by atoms with Crippen LogP contribution in [-0.2, 0) is 6.54 Å². The summed E-state index contributed by atoms with van der Waals surface area (Å²) < 4.78 is 17.2. The number of methoxy groups -OCH3 is 2. The van der Waals surface area contributed by atoms with Gasteiger partial charge in [-0.25, -0.2) is 4.98 Å². The number of fused-ring (bicyclic) bond motifs is 2. The van der Waals surface area contributed by atoms with Gasteiger partial charge in [-0.05, 0) is 36.8 Å². The fourth-order valence-corrected chi connectivity index (χ4v) is 3.87. The largest absolute Gasteiger partial charge is 0.494 e. The Labute approximate surface area is 170 Å². The van der Waals surface area contributed by atoms with Crippen LogP contribution in [0.5, 0.6) is 17.2 Å². The second kappa shape index (κ2) is 8.27. The molecule has 0 atom stereocenters. The van der Waals surface area contributed by atoms with Crippen molar-refractivity contribution in [3.05, 3.63) is 47.5 Å². The molecule has 152 valence electrons. The van der Waals surface area contributed by atoms with Crippen LogP contribution in [0.15, 0.2) is 36.4 Å². The first-order valence-electron chi connectivity index (χ1n) is 9.76. The molecule has 0 radical (unpaired) electrons. The van der Waals surface area contributed by atoms with E-state index >= 15 is 0 Å². The van der Waals surface area contributed by atoms with Crippen molar-refractivity contribution in [3.8, 4) is 28.5 Å². The third kappa shape index (κ3) is 3.73. The molecule has 1 aromatic heterocycles. The molecule has 0 saturated carbocycles. The summed E-state index contributed by atoms with van der Waals surface area (Å²) in [5, 5.41) is 10.4. The highest BCUT2D eigenvalue weighted by Gasteiger charge is 2.21. The Morgan fingerprint density at radius 1 is 1.14 bits per heavy atom. The molecule has 2 aromatic carbocycles. The number of ether oxygens (including phenoxy) is 3. The molecule has 0 amide bonds. The number of para-hydroxylation sites is 1. The Balaban J connectivity index is 1.85. The van der Waals surface area contributed by atoms with Crippen molar-refractivity contribution >= 4 is 10.9 Å². The Hall–Kier alpha value is -2.83. The van der Waals surface area contributed by atoms with Gasteiger partial charge in [-0.1, -0.05) is 12.1 Å². The number of aliphatic hydroxyl groups is 1. The number of aliphatic hydroxyl groups excluding tert-OH is 1. The van der Waals surface area contributed by atoms with E-state index in [9.17, 15) is 5.11 Å². The van der Waals surface area contributed by atoms with E-state index in [-0.39, 0.29) is 6.61 Å². The summed E-state index contributed by atoms with van der Waals surface area (Å²) in [6.07, 6.45) is 0. The zero-order valence-corrected chi connectivity index (χ0v) is 17.1. The van der Waals surface area contributed by atoms with E-state index in [0.29, 0.717) is 25.4 Å². The number of hydrogen-bond acceptors (Lipinski definition) is 6. The minimum absolute atomic E-state index is 0.122. The van der Waals surface area contributed by atoms with Gasteiger partial charge in [0.2, 0.25) is 0 Å². The minimum atomic E-state index is 0.122. The third-order valence-electron chi connectivity index (χ3n) is 5.34. The van der Waals surface area contributed by atoms with Gasteiger partial charge in [-0.15, -0.1) is 0 Å². The molecule has 6 nitrogen and oxygen atoms in total. The first-order valence-corrected chi connectivity index (χ1v) is 9.76. The number of benzene rings is 2. The Kier molecular flexibility index (Phi) is 5.56. The lowest BCUT2D eigenvalue weighted by Crippen LogP contribution is -2.28. The van der Waals surface area contributed by atoms with Crippen molar-refractivity contribution in [2.45, 2.75) is 13.5 Å². The zero-order valence-electron chi connectivity index (χ0n) is 17.1. The maximum atomic E-state index is 9.34. The summed E-state index contributed by atoms with van der Waals surface area (Å²) in [4.78, 5) is 7.08. The Morgan fingerprint density at radius 2 is 1.97 bits per heavy atom. The number of aromatic nitrogens is 1. The number of nitrogens with zero attached hydrogens (tertiary/aromatic N) is 2. The van der Waals surface area contributed by atoms with E-state index in [2.05, 4.69) is 30.0 Å². The summed E-state index contributed by atoms with van der Waals surface area (Å²) in [5.74, 6) is 2.22. The molecule has 4 rings (SSSR count). The molecule has 0 aliphatic carbocycles. The lowest BCUT2D eigenvalue weighted by atomic mass is 10.0. The molecule has 0 saturated heterocycles. The van der Waals surface area contributed by atoms with E-state index in [1.807, 2.05) is 18.2 Å². The Bertz CT molecular complexity index is 1040. The van der Waals surface area contributed by atoms with E-state index in [0.717, 1.165) is 51.3 Å². The van der Waals surface area contributed by atoms with Gasteiger partial charge in [0.05, 0.1) is 26.5 Å². The molecule has 0 unspecified atom stereocenters. The summed E-state index contributed by atoms with van der Waals surface area (Å²) in [7, 11) is 3.32. The molecule has 1 aliphatic rings. The Morgan fingerprint density at radius 3 is 2.72 bits per heavy atom. The first kappa shape index (κ1) is 19.5. The van der Waals surface area contributed by atoms with Crippen molar-refractivity contribution in [2.24, 2.45) is 0 Å². The quantitative estimate of drug-likeness (QED) is 0.716. The topological polar surface area (TPSA) is 64.0 Å². The molecule has 1 aliphatic heterocycles. The van der Waals surface area contributed by atoms with Crippen molar-refractivity contribution in [1.82, 2.24) is 9.88 Å². The van der Waals surface area contributed by atoms with E-state index in [4.69, 9.17) is 19.2 Å². The second-order valence-electron chi connectivity index (χ2n) is 7.20. The number of pyridine rings is 1. The highest BCUT2D eigenvalue weighted by atomic mass is 16.5. The van der Waals surface area contributed by atoms with Gasteiger partial charge in [0, 0.05) is 36.1 Å². The average molecular weight is 394 g/mol. The number of β-amino-alcohol motifs (C(OH)–C–C–N with tert-alkyl or cyclic N) is 1. The van der Waals surface area contributed by atoms with Crippen LogP contribution < -0.4 is 14.2 Å². The van der Waals surface area contributed by atoms with Crippen LogP contribution >= 0.6 is 0 Å². The van der Waals surface area contributed by atoms with E-state index in [1.165, 1.54) is 0 Å². The highest BCUT2D eigenvalue weighted by Crippen LogP contribution is 2.39. The maximum absolute atomic E-state index is 9.34. The average Bonchev–Trinajstić information content (AvgIpc) is 2.94. The number of rotatable bonds is 5. The van der Waals surface area contributed by atoms with Crippen molar-refractivity contribution in [1.29, 1.82) is 0 Å². The summed E-state index contributed by atoms with van der Waals surface area (Å²) in [6, 6.07) is 12.1. The highest BCUT2D eigenvalue weighted by molar-refractivity contribution is 5.89. The van der Waals surface area contributed by atoms with Gasteiger partial charge < -0.3 is 19.3 Å². The molecule has 0 spiro atoms. The lowest BCUT2D eigenvalue weighted by molar-refractivity contribution is 0.176. The third-order valence-corrected chi connectivity index (χ3v) is 5.34. The minimum Gasteiger partial charge on any atom is -0.494 e. The molecule has 2 heterocycles. The van der Waals surface area contributed by atoms with Crippen LogP contribution in [-0.4, -0.2) is 55.5 Å². The van der Waals surface area contributed by atoms with Gasteiger partial charge in [0.25, 0.3) is 0 Å². The molecule has 0 bridgehead atoms. The molecule has 0 fully saturated rings. The summed E-state index contributed by atoms with van der Waals surface area (Å²) >= 11 is 0. The maximum Gasteiger partial charge on any atom is 0.165 e. The lowest BCUT2D eigenvalue weighted by Gasteiger charge is -2.18. The fourth-order valence-electron chi connectivity index (χ4n) is 3.87. The van der Waals surface area contributed by atoms with Crippen LogP contribution in [0.3, 0.4) is 0 Å². The number of aryl methyl sites for hydroxylation is 1. The van der Waals surface area contributed by atoms with Crippen LogP contribution in [0.25, 0.3) is 22.2 Å². The van der Waals surface area contributed by atoms with Gasteiger partial charge in [-0.3, -0.25) is 4.90 Å². The normalized spacial score (nSPS) is 14.2. The van der Waals surface area contributed by atoms with Crippen molar-refractivity contribution in [2.75, 3.05) is 40.5 Å². The summed E-state index contributed by atoms with van der Waals surface area (Å²) in [6.45, 7) is 4.83. The van der Waals surface area contributed by atoms with Gasteiger partial charge in [-0.2, -0.15) is 0 Å².